The normalized spacial score (nSPS) is 22.9. The first kappa shape index (κ1) is 16.3. The van der Waals surface area contributed by atoms with Crippen molar-refractivity contribution in [3.05, 3.63) is 64.5 Å². The van der Waals surface area contributed by atoms with E-state index in [4.69, 9.17) is 9.47 Å². The van der Waals surface area contributed by atoms with Gasteiger partial charge in [0.2, 0.25) is 0 Å². The lowest BCUT2D eigenvalue weighted by Crippen LogP contribution is -2.32. The number of carbonyl (C=O) groups is 1. The molecule has 2 aromatic carbocycles. The van der Waals surface area contributed by atoms with E-state index in [0.29, 0.717) is 32.7 Å². The van der Waals surface area contributed by atoms with Gasteiger partial charge < -0.3 is 20.1 Å². The van der Waals surface area contributed by atoms with Gasteiger partial charge in [0.15, 0.2) is 0 Å². The SMILES string of the molecule is O=C1OCCC1NCc1ccc2c(c1)COC2=C1CNc2ccc(F)cc21. The Hall–Kier alpha value is -2.86. The smallest absolute Gasteiger partial charge is 0.323 e. The molecule has 2 N–H and O–H groups in total. The van der Waals surface area contributed by atoms with Gasteiger partial charge in [0.25, 0.3) is 0 Å². The second-order valence-electron chi connectivity index (χ2n) is 7.02. The van der Waals surface area contributed by atoms with Crippen molar-refractivity contribution in [1.82, 2.24) is 5.32 Å². The van der Waals surface area contributed by atoms with Crippen LogP contribution in [-0.4, -0.2) is 25.2 Å². The molecule has 0 aromatic heterocycles. The fraction of sp³-hybridized carbons (Fsp3) is 0.286. The Kier molecular flexibility index (Phi) is 3.86. The van der Waals surface area contributed by atoms with Gasteiger partial charge in [-0.25, -0.2) is 4.39 Å². The number of hydrogen-bond donors (Lipinski definition) is 2. The van der Waals surface area contributed by atoms with Crippen LogP contribution in [0, 0.1) is 5.82 Å². The Morgan fingerprint density at radius 1 is 1.15 bits per heavy atom. The highest BCUT2D eigenvalue weighted by molar-refractivity contribution is 5.98. The van der Waals surface area contributed by atoms with E-state index in [1.807, 2.05) is 12.1 Å². The molecule has 3 heterocycles. The molecule has 3 aliphatic heterocycles. The van der Waals surface area contributed by atoms with Crippen LogP contribution in [0.3, 0.4) is 0 Å². The summed E-state index contributed by atoms with van der Waals surface area (Å²) in [6.07, 6.45) is 0.714. The maximum absolute atomic E-state index is 13.7. The number of esters is 1. The highest BCUT2D eigenvalue weighted by Gasteiger charge is 2.28. The largest absolute Gasteiger partial charge is 0.488 e. The molecule has 0 saturated carbocycles. The van der Waals surface area contributed by atoms with E-state index in [2.05, 4.69) is 16.7 Å². The van der Waals surface area contributed by atoms with Crippen LogP contribution in [0.5, 0.6) is 0 Å². The summed E-state index contributed by atoms with van der Waals surface area (Å²) in [6, 6.07) is 10.7. The van der Waals surface area contributed by atoms with Crippen molar-refractivity contribution in [2.45, 2.75) is 25.6 Å². The van der Waals surface area contributed by atoms with Crippen molar-refractivity contribution in [3.63, 3.8) is 0 Å². The zero-order valence-corrected chi connectivity index (χ0v) is 14.7. The minimum absolute atomic E-state index is 0.175. The number of benzene rings is 2. The maximum atomic E-state index is 13.7. The fourth-order valence-corrected chi connectivity index (χ4v) is 3.90. The molecule has 1 atom stereocenters. The molecule has 1 unspecified atom stereocenters. The molecular weight excluding hydrogens is 347 g/mol. The summed E-state index contributed by atoms with van der Waals surface area (Å²) in [5.74, 6) is 0.396. The summed E-state index contributed by atoms with van der Waals surface area (Å²) in [5.41, 5.74) is 6.04. The van der Waals surface area contributed by atoms with Crippen LogP contribution in [0.4, 0.5) is 10.1 Å². The quantitative estimate of drug-likeness (QED) is 0.818. The zero-order valence-electron chi connectivity index (χ0n) is 14.7. The third-order valence-electron chi connectivity index (χ3n) is 5.31. The topological polar surface area (TPSA) is 59.6 Å². The van der Waals surface area contributed by atoms with Crippen LogP contribution in [-0.2, 0) is 27.4 Å². The lowest BCUT2D eigenvalue weighted by Gasteiger charge is -2.10. The Bertz CT molecular complexity index is 970. The van der Waals surface area contributed by atoms with Crippen LogP contribution in [0.1, 0.15) is 28.7 Å². The van der Waals surface area contributed by atoms with E-state index in [1.54, 1.807) is 12.1 Å². The Labute approximate surface area is 156 Å². The molecule has 1 fully saturated rings. The number of rotatable bonds is 3. The summed E-state index contributed by atoms with van der Waals surface area (Å²) in [6.45, 7) is 2.22. The van der Waals surface area contributed by atoms with Crippen molar-refractivity contribution in [3.8, 4) is 0 Å². The number of anilines is 1. The maximum Gasteiger partial charge on any atom is 0.323 e. The summed E-state index contributed by atoms with van der Waals surface area (Å²) in [5, 5.41) is 6.54. The number of ether oxygens (including phenoxy) is 2. The number of cyclic esters (lactones) is 1. The summed E-state index contributed by atoms with van der Waals surface area (Å²) < 4.78 is 24.6. The lowest BCUT2D eigenvalue weighted by atomic mass is 9.99. The molecule has 0 radical (unpaired) electrons. The predicted molar refractivity (Wildman–Crippen MR) is 99.1 cm³/mol. The molecule has 27 heavy (non-hydrogen) atoms. The second-order valence-corrected chi connectivity index (χ2v) is 7.02. The van der Waals surface area contributed by atoms with Crippen molar-refractivity contribution in [1.29, 1.82) is 0 Å². The highest BCUT2D eigenvalue weighted by atomic mass is 19.1. The van der Waals surface area contributed by atoms with E-state index in [-0.39, 0.29) is 17.8 Å². The van der Waals surface area contributed by atoms with Gasteiger partial charge in [0.1, 0.15) is 24.2 Å². The Morgan fingerprint density at radius 2 is 2.07 bits per heavy atom. The van der Waals surface area contributed by atoms with Gasteiger partial charge in [-0.1, -0.05) is 18.2 Å². The molecule has 138 valence electrons. The second kappa shape index (κ2) is 6.39. The molecule has 0 spiro atoms. The van der Waals surface area contributed by atoms with Gasteiger partial charge in [-0.15, -0.1) is 0 Å². The molecule has 5 rings (SSSR count). The molecule has 0 amide bonds. The van der Waals surface area contributed by atoms with Crippen molar-refractivity contribution >= 4 is 23.0 Å². The standard InChI is InChI=1S/C21H19FN2O3/c22-14-2-4-18-16(8-14)17(10-24-18)20-15-3-1-12(7-13(15)11-27-20)9-23-19-5-6-26-21(19)25/h1-4,7-8,19,23-24H,5-6,9-11H2. The third kappa shape index (κ3) is 2.86. The number of hydrogen-bond acceptors (Lipinski definition) is 5. The first-order valence-corrected chi connectivity index (χ1v) is 9.11. The van der Waals surface area contributed by atoms with E-state index in [9.17, 15) is 9.18 Å². The zero-order chi connectivity index (χ0) is 18.4. The minimum Gasteiger partial charge on any atom is -0.488 e. The molecule has 2 aromatic rings. The monoisotopic (exact) mass is 366 g/mol. The molecule has 6 heteroatoms. The molecule has 0 bridgehead atoms. The van der Waals surface area contributed by atoms with Gasteiger partial charge in [-0.05, 0) is 23.8 Å². The lowest BCUT2D eigenvalue weighted by molar-refractivity contribution is -0.139. The van der Waals surface area contributed by atoms with E-state index in [1.165, 1.54) is 6.07 Å². The number of fused-ring (bicyclic) bond motifs is 2. The average molecular weight is 366 g/mol. The van der Waals surface area contributed by atoms with Crippen LogP contribution >= 0.6 is 0 Å². The molecule has 3 aliphatic rings. The van der Waals surface area contributed by atoms with Crippen molar-refractivity contribution in [2.75, 3.05) is 18.5 Å². The first-order valence-electron chi connectivity index (χ1n) is 9.11. The first-order chi connectivity index (χ1) is 13.2. The predicted octanol–water partition coefficient (Wildman–Crippen LogP) is 3.05. The molecule has 5 nitrogen and oxygen atoms in total. The van der Waals surface area contributed by atoms with Crippen LogP contribution < -0.4 is 10.6 Å². The summed E-state index contributed by atoms with van der Waals surface area (Å²) in [7, 11) is 0. The van der Waals surface area contributed by atoms with E-state index < -0.39 is 0 Å². The van der Waals surface area contributed by atoms with E-state index in [0.717, 1.165) is 39.3 Å². The van der Waals surface area contributed by atoms with Crippen LogP contribution in [0.2, 0.25) is 0 Å². The van der Waals surface area contributed by atoms with Gasteiger partial charge in [0, 0.05) is 47.5 Å². The molecule has 0 aliphatic carbocycles. The van der Waals surface area contributed by atoms with Crippen LogP contribution in [0.15, 0.2) is 36.4 Å². The number of nitrogens with one attached hydrogen (secondary N) is 2. The van der Waals surface area contributed by atoms with Gasteiger partial charge in [0.05, 0.1) is 6.61 Å². The van der Waals surface area contributed by atoms with Gasteiger partial charge in [-0.2, -0.15) is 0 Å². The van der Waals surface area contributed by atoms with E-state index >= 15 is 0 Å². The summed E-state index contributed by atoms with van der Waals surface area (Å²) >= 11 is 0. The highest BCUT2D eigenvalue weighted by Crippen LogP contribution is 2.41. The Balaban J connectivity index is 1.41. The molecule has 1 saturated heterocycles. The third-order valence-corrected chi connectivity index (χ3v) is 5.31. The van der Waals surface area contributed by atoms with Gasteiger partial charge >= 0.3 is 5.97 Å². The Morgan fingerprint density at radius 3 is 2.93 bits per heavy atom. The summed E-state index contributed by atoms with van der Waals surface area (Å²) in [4.78, 5) is 11.6. The molecular formula is C21H19FN2O3. The average Bonchev–Trinajstić information content (AvgIpc) is 3.37. The van der Waals surface area contributed by atoms with Crippen molar-refractivity contribution in [2.24, 2.45) is 0 Å². The van der Waals surface area contributed by atoms with Gasteiger partial charge in [-0.3, -0.25) is 4.79 Å². The number of halogens is 1. The number of carbonyl (C=O) groups excluding carboxylic acids is 1. The minimum atomic E-state index is -0.249. The fourth-order valence-electron chi connectivity index (χ4n) is 3.90. The van der Waals surface area contributed by atoms with Crippen LogP contribution in [0.25, 0.3) is 11.3 Å². The van der Waals surface area contributed by atoms with Crippen molar-refractivity contribution < 1.29 is 18.7 Å².